The van der Waals surface area contributed by atoms with Crippen LogP contribution in [0, 0.1) is 6.92 Å². The van der Waals surface area contributed by atoms with Gasteiger partial charge in [0.2, 0.25) is 0 Å². The minimum atomic E-state index is 0.0354. The largest absolute Gasteiger partial charge is 0.468 e. The normalized spacial score (nSPS) is 16.2. The molecule has 0 radical (unpaired) electrons. The molecule has 6 heteroatoms. The molecular weight excluding hydrogens is 282 g/mol. The third-order valence-electron chi connectivity index (χ3n) is 4.10. The monoisotopic (exact) mass is 303 g/mol. The number of aromatic nitrogens is 1. The fraction of sp³-hybridized carbons (Fsp3) is 0.500. The number of amides is 1. The molecule has 0 bridgehead atoms. The summed E-state index contributed by atoms with van der Waals surface area (Å²) in [5.74, 6) is 1.61. The van der Waals surface area contributed by atoms with Gasteiger partial charge in [0.1, 0.15) is 17.1 Å². The van der Waals surface area contributed by atoms with Crippen LogP contribution in [0.2, 0.25) is 0 Å². The Morgan fingerprint density at radius 1 is 1.32 bits per heavy atom. The first kappa shape index (κ1) is 14.8. The predicted molar refractivity (Wildman–Crippen MR) is 80.5 cm³/mol. The lowest BCUT2D eigenvalue weighted by molar-refractivity contribution is 0.0618. The lowest BCUT2D eigenvalue weighted by Crippen LogP contribution is -2.48. The van der Waals surface area contributed by atoms with E-state index in [0.717, 1.165) is 31.1 Å². The Bertz CT molecular complexity index is 625. The molecule has 0 unspecified atom stereocenters. The molecule has 0 N–H and O–H groups in total. The molecule has 1 aliphatic heterocycles. The number of hydrogen-bond donors (Lipinski definition) is 0. The van der Waals surface area contributed by atoms with Gasteiger partial charge in [0, 0.05) is 26.2 Å². The molecular formula is C16H21N3O3. The second kappa shape index (κ2) is 6.36. The lowest BCUT2D eigenvalue weighted by Gasteiger charge is -2.34. The standard InChI is InChI=1S/C16H21N3O3/c1-3-14-15(12(2)22-17-14)16(20)19-8-6-18(7-9-19)11-13-5-4-10-21-13/h4-5,10H,3,6-9,11H2,1-2H3. The van der Waals surface area contributed by atoms with E-state index in [0.29, 0.717) is 30.8 Å². The highest BCUT2D eigenvalue weighted by molar-refractivity contribution is 5.96. The first-order valence-corrected chi connectivity index (χ1v) is 7.68. The number of hydrogen-bond acceptors (Lipinski definition) is 5. The molecule has 2 aromatic heterocycles. The van der Waals surface area contributed by atoms with E-state index in [1.54, 1.807) is 13.2 Å². The SMILES string of the molecule is CCc1noc(C)c1C(=O)N1CCN(Cc2ccco2)CC1. The second-order valence-electron chi connectivity index (χ2n) is 5.56. The molecule has 1 saturated heterocycles. The zero-order valence-corrected chi connectivity index (χ0v) is 13.0. The maximum atomic E-state index is 12.7. The molecule has 0 saturated carbocycles. The summed E-state index contributed by atoms with van der Waals surface area (Å²) in [5, 5.41) is 3.97. The van der Waals surface area contributed by atoms with Gasteiger partial charge in [-0.3, -0.25) is 9.69 Å². The van der Waals surface area contributed by atoms with Crippen molar-refractivity contribution in [3.05, 3.63) is 41.2 Å². The van der Waals surface area contributed by atoms with E-state index in [1.165, 1.54) is 0 Å². The minimum Gasteiger partial charge on any atom is -0.468 e. The Balaban J connectivity index is 1.61. The summed E-state index contributed by atoms with van der Waals surface area (Å²) < 4.78 is 10.5. The van der Waals surface area contributed by atoms with Crippen molar-refractivity contribution in [2.24, 2.45) is 0 Å². The van der Waals surface area contributed by atoms with Crippen LogP contribution in [0.25, 0.3) is 0 Å². The lowest BCUT2D eigenvalue weighted by atomic mass is 10.1. The van der Waals surface area contributed by atoms with Crippen LogP contribution in [0.4, 0.5) is 0 Å². The Hall–Kier alpha value is -2.08. The van der Waals surface area contributed by atoms with Gasteiger partial charge in [-0.05, 0) is 25.5 Å². The molecule has 0 spiro atoms. The molecule has 2 aromatic rings. The van der Waals surface area contributed by atoms with Crippen molar-refractivity contribution >= 4 is 5.91 Å². The molecule has 22 heavy (non-hydrogen) atoms. The van der Waals surface area contributed by atoms with E-state index in [-0.39, 0.29) is 5.91 Å². The maximum absolute atomic E-state index is 12.7. The summed E-state index contributed by atoms with van der Waals surface area (Å²) in [6.07, 6.45) is 2.40. The van der Waals surface area contributed by atoms with Crippen LogP contribution in [-0.2, 0) is 13.0 Å². The van der Waals surface area contributed by atoms with Gasteiger partial charge in [-0.2, -0.15) is 0 Å². The minimum absolute atomic E-state index is 0.0354. The molecule has 3 heterocycles. The van der Waals surface area contributed by atoms with Crippen molar-refractivity contribution in [3.63, 3.8) is 0 Å². The highest BCUT2D eigenvalue weighted by Crippen LogP contribution is 2.18. The maximum Gasteiger partial charge on any atom is 0.259 e. The van der Waals surface area contributed by atoms with Crippen molar-refractivity contribution in [2.45, 2.75) is 26.8 Å². The summed E-state index contributed by atoms with van der Waals surface area (Å²) in [4.78, 5) is 16.9. The summed E-state index contributed by atoms with van der Waals surface area (Å²) in [7, 11) is 0. The average Bonchev–Trinajstić information content (AvgIpc) is 3.16. The highest BCUT2D eigenvalue weighted by Gasteiger charge is 2.27. The third kappa shape index (κ3) is 2.92. The first-order chi connectivity index (χ1) is 10.7. The van der Waals surface area contributed by atoms with Crippen molar-refractivity contribution in [1.29, 1.82) is 0 Å². The van der Waals surface area contributed by atoms with Crippen LogP contribution in [0.1, 0.15) is 34.5 Å². The number of nitrogens with zero attached hydrogens (tertiary/aromatic N) is 3. The molecule has 1 amide bonds. The van der Waals surface area contributed by atoms with Gasteiger partial charge in [0.25, 0.3) is 5.91 Å². The molecule has 0 atom stereocenters. The van der Waals surface area contributed by atoms with Gasteiger partial charge in [-0.25, -0.2) is 0 Å². The van der Waals surface area contributed by atoms with E-state index in [2.05, 4.69) is 10.1 Å². The molecule has 6 nitrogen and oxygen atoms in total. The van der Waals surface area contributed by atoms with Crippen LogP contribution in [0.15, 0.2) is 27.3 Å². The third-order valence-corrected chi connectivity index (χ3v) is 4.10. The average molecular weight is 303 g/mol. The fourth-order valence-electron chi connectivity index (χ4n) is 2.82. The molecule has 0 aromatic carbocycles. The molecule has 1 fully saturated rings. The van der Waals surface area contributed by atoms with Crippen molar-refractivity contribution in [1.82, 2.24) is 15.0 Å². The molecule has 1 aliphatic rings. The summed E-state index contributed by atoms with van der Waals surface area (Å²) in [5.41, 5.74) is 1.39. The summed E-state index contributed by atoms with van der Waals surface area (Å²) in [6.45, 7) is 7.69. The van der Waals surface area contributed by atoms with Crippen LogP contribution in [-0.4, -0.2) is 47.0 Å². The van der Waals surface area contributed by atoms with Crippen molar-refractivity contribution in [3.8, 4) is 0 Å². The number of aryl methyl sites for hydroxylation is 2. The van der Waals surface area contributed by atoms with Crippen LogP contribution in [0.5, 0.6) is 0 Å². The van der Waals surface area contributed by atoms with E-state index in [9.17, 15) is 4.79 Å². The number of rotatable bonds is 4. The number of carbonyl (C=O) groups is 1. The van der Waals surface area contributed by atoms with Crippen LogP contribution >= 0.6 is 0 Å². The van der Waals surface area contributed by atoms with E-state index >= 15 is 0 Å². The van der Waals surface area contributed by atoms with E-state index in [4.69, 9.17) is 8.94 Å². The summed E-state index contributed by atoms with van der Waals surface area (Å²) >= 11 is 0. The van der Waals surface area contributed by atoms with Gasteiger partial charge < -0.3 is 13.8 Å². The van der Waals surface area contributed by atoms with Gasteiger partial charge in [-0.15, -0.1) is 0 Å². The molecule has 0 aliphatic carbocycles. The van der Waals surface area contributed by atoms with E-state index < -0.39 is 0 Å². The quantitative estimate of drug-likeness (QED) is 0.865. The van der Waals surface area contributed by atoms with Gasteiger partial charge in [0.05, 0.1) is 18.5 Å². The Kier molecular flexibility index (Phi) is 4.29. The Morgan fingerprint density at radius 2 is 2.09 bits per heavy atom. The molecule has 118 valence electrons. The summed E-state index contributed by atoms with van der Waals surface area (Å²) in [6, 6.07) is 3.88. The zero-order chi connectivity index (χ0) is 15.5. The Morgan fingerprint density at radius 3 is 2.73 bits per heavy atom. The molecule has 3 rings (SSSR count). The first-order valence-electron chi connectivity index (χ1n) is 7.68. The van der Waals surface area contributed by atoms with E-state index in [1.807, 2.05) is 24.0 Å². The predicted octanol–water partition coefficient (Wildman–Crippen LogP) is 2.10. The zero-order valence-electron chi connectivity index (χ0n) is 13.0. The van der Waals surface area contributed by atoms with Crippen molar-refractivity contribution in [2.75, 3.05) is 26.2 Å². The smallest absolute Gasteiger partial charge is 0.259 e. The van der Waals surface area contributed by atoms with Crippen LogP contribution in [0.3, 0.4) is 0 Å². The number of piperazine rings is 1. The van der Waals surface area contributed by atoms with Crippen molar-refractivity contribution < 1.29 is 13.7 Å². The topological polar surface area (TPSA) is 62.7 Å². The van der Waals surface area contributed by atoms with Gasteiger partial charge in [-0.1, -0.05) is 12.1 Å². The Labute approximate surface area is 129 Å². The second-order valence-corrected chi connectivity index (χ2v) is 5.56. The highest BCUT2D eigenvalue weighted by atomic mass is 16.5. The van der Waals surface area contributed by atoms with Crippen LogP contribution < -0.4 is 0 Å². The number of carbonyl (C=O) groups excluding carboxylic acids is 1. The number of furan rings is 1. The van der Waals surface area contributed by atoms with Gasteiger partial charge in [0.15, 0.2) is 0 Å². The fourth-order valence-corrected chi connectivity index (χ4v) is 2.82. The van der Waals surface area contributed by atoms with Gasteiger partial charge >= 0.3 is 0 Å².